The summed E-state index contributed by atoms with van der Waals surface area (Å²) in [4.78, 5) is 66.4. The fourth-order valence-corrected chi connectivity index (χ4v) is 2.82. The zero-order valence-corrected chi connectivity index (χ0v) is 18.0. The normalized spacial score (nSPS) is 14.5. The maximum absolute atomic E-state index is 12.8. The van der Waals surface area contributed by atoms with E-state index in [0.29, 0.717) is 12.1 Å². The van der Waals surface area contributed by atoms with Crippen LogP contribution in [0, 0.1) is 5.92 Å². The topological polar surface area (TPSA) is 217 Å². The van der Waals surface area contributed by atoms with Gasteiger partial charge in [-0.2, -0.15) is 0 Å². The van der Waals surface area contributed by atoms with E-state index in [-0.39, 0.29) is 25.3 Å². The van der Waals surface area contributed by atoms with Crippen LogP contribution in [0.1, 0.15) is 38.8 Å². The van der Waals surface area contributed by atoms with Crippen LogP contribution in [-0.2, 0) is 30.4 Å². The van der Waals surface area contributed by atoms with E-state index in [4.69, 9.17) is 10.8 Å². The predicted octanol–water partition coefficient (Wildman–Crippen LogP) is -1.64. The van der Waals surface area contributed by atoms with Gasteiger partial charge in [-0.25, -0.2) is 9.78 Å². The van der Waals surface area contributed by atoms with Gasteiger partial charge >= 0.3 is 11.9 Å². The van der Waals surface area contributed by atoms with Crippen molar-refractivity contribution in [2.45, 2.75) is 57.7 Å². The number of amides is 3. The summed E-state index contributed by atoms with van der Waals surface area (Å²) in [6.45, 7) is 3.19. The van der Waals surface area contributed by atoms with Gasteiger partial charge in [-0.15, -0.1) is 0 Å². The van der Waals surface area contributed by atoms with E-state index < -0.39 is 54.2 Å². The van der Waals surface area contributed by atoms with Crippen molar-refractivity contribution in [3.8, 4) is 0 Å². The lowest BCUT2D eigenvalue weighted by Crippen LogP contribution is -2.57. The average Bonchev–Trinajstić information content (AvgIpc) is 3.26. The summed E-state index contributed by atoms with van der Waals surface area (Å²) in [6, 6.07) is -3.67. The molecule has 3 amide bonds. The molecule has 0 aromatic carbocycles. The van der Waals surface area contributed by atoms with Gasteiger partial charge in [0.25, 0.3) is 0 Å². The largest absolute Gasteiger partial charge is 0.481 e. The van der Waals surface area contributed by atoms with Crippen molar-refractivity contribution < 1.29 is 34.2 Å². The van der Waals surface area contributed by atoms with E-state index in [1.807, 2.05) is 0 Å². The summed E-state index contributed by atoms with van der Waals surface area (Å²) in [5, 5.41) is 25.7. The smallest absolute Gasteiger partial charge is 0.326 e. The fraction of sp³-hybridized carbons (Fsp3) is 0.579. The molecule has 0 radical (unpaired) electrons. The van der Waals surface area contributed by atoms with Gasteiger partial charge < -0.3 is 36.9 Å². The molecule has 0 aliphatic rings. The molecule has 1 heterocycles. The fourth-order valence-electron chi connectivity index (χ4n) is 2.82. The first-order valence-corrected chi connectivity index (χ1v) is 10.1. The third kappa shape index (κ3) is 8.71. The second kappa shape index (κ2) is 13.0. The molecule has 1 rings (SSSR count). The van der Waals surface area contributed by atoms with Crippen LogP contribution < -0.4 is 21.7 Å². The number of carbonyl (C=O) groups excluding carboxylic acids is 3. The number of nitrogens with zero attached hydrogens (tertiary/aromatic N) is 1. The Labute approximate surface area is 184 Å². The lowest BCUT2D eigenvalue weighted by Gasteiger charge is -2.27. The minimum atomic E-state index is -1.34. The molecule has 0 saturated heterocycles. The Hall–Kier alpha value is -3.48. The highest BCUT2D eigenvalue weighted by atomic mass is 16.4. The third-order valence-electron chi connectivity index (χ3n) is 4.87. The molecule has 1 aromatic heterocycles. The van der Waals surface area contributed by atoms with Crippen LogP contribution >= 0.6 is 0 Å². The van der Waals surface area contributed by atoms with Gasteiger partial charge in [-0.05, 0) is 12.3 Å². The number of carboxylic acid groups (broad SMARTS) is 2. The van der Waals surface area contributed by atoms with Crippen molar-refractivity contribution >= 4 is 29.7 Å². The molecule has 0 spiro atoms. The molecule has 32 heavy (non-hydrogen) atoms. The van der Waals surface area contributed by atoms with Crippen LogP contribution in [0.5, 0.6) is 0 Å². The number of aromatic nitrogens is 2. The number of carboxylic acids is 2. The lowest BCUT2D eigenvalue weighted by atomic mass is 9.97. The Morgan fingerprint density at radius 2 is 1.75 bits per heavy atom. The maximum atomic E-state index is 12.8. The second-order valence-corrected chi connectivity index (χ2v) is 7.31. The zero-order valence-electron chi connectivity index (χ0n) is 18.0. The number of imidazole rings is 1. The van der Waals surface area contributed by atoms with Gasteiger partial charge in [0.1, 0.15) is 18.1 Å². The SMILES string of the molecule is CCC(C)C(NC(=O)CN)C(=O)NC(CCC(=O)O)C(=O)NC(Cc1cnc[nH]1)C(=O)O. The molecule has 4 atom stereocenters. The molecule has 1 aromatic rings. The summed E-state index contributed by atoms with van der Waals surface area (Å²) >= 11 is 0. The van der Waals surface area contributed by atoms with Crippen molar-refractivity contribution in [3.05, 3.63) is 18.2 Å². The van der Waals surface area contributed by atoms with Crippen LogP contribution in [0.2, 0.25) is 0 Å². The molecule has 4 unspecified atom stereocenters. The van der Waals surface area contributed by atoms with Gasteiger partial charge in [0.2, 0.25) is 17.7 Å². The quantitative estimate of drug-likeness (QED) is 0.171. The monoisotopic (exact) mass is 454 g/mol. The summed E-state index contributed by atoms with van der Waals surface area (Å²) in [5.74, 6) is -4.95. The number of nitrogens with one attached hydrogen (secondary N) is 4. The molecular weight excluding hydrogens is 424 g/mol. The second-order valence-electron chi connectivity index (χ2n) is 7.31. The Morgan fingerprint density at radius 3 is 2.25 bits per heavy atom. The lowest BCUT2D eigenvalue weighted by molar-refractivity contribution is -0.143. The van der Waals surface area contributed by atoms with Crippen LogP contribution in [0.25, 0.3) is 0 Å². The van der Waals surface area contributed by atoms with Gasteiger partial charge in [0.05, 0.1) is 12.9 Å². The number of aromatic amines is 1. The molecule has 0 fully saturated rings. The zero-order chi connectivity index (χ0) is 24.3. The first-order chi connectivity index (χ1) is 15.1. The Bertz CT molecular complexity index is 798. The molecular formula is C19H30N6O7. The molecule has 178 valence electrons. The van der Waals surface area contributed by atoms with E-state index in [1.165, 1.54) is 12.5 Å². The minimum absolute atomic E-state index is 0.0945. The van der Waals surface area contributed by atoms with E-state index in [9.17, 15) is 29.1 Å². The Balaban J connectivity index is 2.99. The van der Waals surface area contributed by atoms with Crippen LogP contribution in [-0.4, -0.2) is 74.5 Å². The van der Waals surface area contributed by atoms with Crippen LogP contribution in [0.3, 0.4) is 0 Å². The van der Waals surface area contributed by atoms with Crippen molar-refractivity contribution in [3.63, 3.8) is 0 Å². The third-order valence-corrected chi connectivity index (χ3v) is 4.87. The number of H-pyrrole nitrogens is 1. The summed E-state index contributed by atoms with van der Waals surface area (Å²) in [5.41, 5.74) is 5.76. The van der Waals surface area contributed by atoms with Gasteiger partial charge in [0, 0.05) is 24.7 Å². The molecule has 0 saturated carbocycles. The molecule has 0 aliphatic heterocycles. The number of hydrogen-bond acceptors (Lipinski definition) is 7. The van der Waals surface area contributed by atoms with Gasteiger partial charge in [0.15, 0.2) is 0 Å². The van der Waals surface area contributed by atoms with E-state index >= 15 is 0 Å². The highest BCUT2D eigenvalue weighted by Crippen LogP contribution is 2.10. The first-order valence-electron chi connectivity index (χ1n) is 10.1. The molecule has 13 heteroatoms. The summed E-state index contributed by atoms with van der Waals surface area (Å²) < 4.78 is 0. The van der Waals surface area contributed by atoms with Crippen LogP contribution in [0.15, 0.2) is 12.5 Å². The van der Waals surface area contributed by atoms with Crippen molar-refractivity contribution in [1.82, 2.24) is 25.9 Å². The molecule has 0 bridgehead atoms. The number of carbonyl (C=O) groups is 5. The summed E-state index contributed by atoms with van der Waals surface area (Å²) in [7, 11) is 0. The van der Waals surface area contributed by atoms with Crippen molar-refractivity contribution in [1.29, 1.82) is 0 Å². The van der Waals surface area contributed by atoms with Gasteiger partial charge in [-0.3, -0.25) is 19.2 Å². The Morgan fingerprint density at radius 1 is 1.09 bits per heavy atom. The average molecular weight is 454 g/mol. The van der Waals surface area contributed by atoms with Gasteiger partial charge in [-0.1, -0.05) is 20.3 Å². The van der Waals surface area contributed by atoms with Crippen molar-refractivity contribution in [2.24, 2.45) is 11.7 Å². The highest BCUT2D eigenvalue weighted by Gasteiger charge is 2.31. The molecule has 13 nitrogen and oxygen atoms in total. The van der Waals surface area contributed by atoms with E-state index in [2.05, 4.69) is 25.9 Å². The minimum Gasteiger partial charge on any atom is -0.481 e. The number of aliphatic carboxylic acids is 2. The van der Waals surface area contributed by atoms with Crippen LogP contribution in [0.4, 0.5) is 0 Å². The maximum Gasteiger partial charge on any atom is 0.326 e. The van der Waals surface area contributed by atoms with Crippen molar-refractivity contribution in [2.75, 3.05) is 6.54 Å². The predicted molar refractivity (Wildman–Crippen MR) is 111 cm³/mol. The number of rotatable bonds is 14. The molecule has 8 N–H and O–H groups in total. The van der Waals surface area contributed by atoms with E-state index in [0.717, 1.165) is 0 Å². The first kappa shape index (κ1) is 26.6. The number of nitrogens with two attached hydrogens (primary N) is 1. The molecule has 0 aliphatic carbocycles. The number of hydrogen-bond donors (Lipinski definition) is 7. The highest BCUT2D eigenvalue weighted by molar-refractivity contribution is 5.94. The standard InChI is InChI=1S/C19H30N6O7/c1-3-10(2)16(25-14(26)7-20)18(30)23-12(4-5-15(27)28)17(29)24-13(19(31)32)6-11-8-21-9-22-11/h8-10,12-13,16H,3-7,20H2,1-2H3,(H,21,22)(H,23,30)(H,24,29)(H,25,26)(H,27,28)(H,31,32). The van der Waals surface area contributed by atoms with E-state index in [1.54, 1.807) is 13.8 Å². The summed E-state index contributed by atoms with van der Waals surface area (Å²) in [6.07, 6.45) is 2.48. The Kier molecular flexibility index (Phi) is 10.8.